The second-order valence-corrected chi connectivity index (χ2v) is 7.06. The van der Waals surface area contributed by atoms with Gasteiger partial charge in [-0.2, -0.15) is 0 Å². The zero-order chi connectivity index (χ0) is 19.1. The molecule has 1 atom stereocenters. The molecule has 6 heteroatoms. The largest absolute Gasteiger partial charge is 0.455 e. The molecule has 1 aliphatic carbocycles. The van der Waals surface area contributed by atoms with E-state index in [9.17, 15) is 14.4 Å². The Balaban J connectivity index is 1.40. The molecule has 2 aliphatic rings. The van der Waals surface area contributed by atoms with Crippen molar-refractivity contribution in [2.75, 3.05) is 19.7 Å². The summed E-state index contributed by atoms with van der Waals surface area (Å²) < 4.78 is 5.10. The van der Waals surface area contributed by atoms with E-state index in [0.29, 0.717) is 18.5 Å². The van der Waals surface area contributed by atoms with Gasteiger partial charge in [0.1, 0.15) is 0 Å². The molecule has 0 unspecified atom stereocenters. The fourth-order valence-corrected chi connectivity index (χ4v) is 3.38. The molecule has 3 rings (SSSR count). The highest BCUT2D eigenvalue weighted by Gasteiger charge is 2.21. The van der Waals surface area contributed by atoms with E-state index in [2.05, 4.69) is 11.4 Å². The number of rotatable bonds is 6. The summed E-state index contributed by atoms with van der Waals surface area (Å²) in [5.41, 5.74) is 1.56. The molecule has 27 heavy (non-hydrogen) atoms. The van der Waals surface area contributed by atoms with E-state index in [0.717, 1.165) is 44.3 Å². The van der Waals surface area contributed by atoms with Gasteiger partial charge in [-0.3, -0.25) is 14.4 Å². The van der Waals surface area contributed by atoms with E-state index in [-0.39, 0.29) is 30.3 Å². The van der Waals surface area contributed by atoms with E-state index in [1.165, 1.54) is 0 Å². The highest BCUT2D eigenvalue weighted by atomic mass is 16.5. The number of hydrogen-bond donors (Lipinski definition) is 1. The molecule has 0 spiro atoms. The molecular weight excluding hydrogens is 344 g/mol. The second-order valence-electron chi connectivity index (χ2n) is 7.06. The first-order chi connectivity index (χ1) is 13.1. The average Bonchev–Trinajstić information content (AvgIpc) is 3.26. The lowest BCUT2D eigenvalue weighted by molar-refractivity contribution is -0.152. The van der Waals surface area contributed by atoms with E-state index < -0.39 is 0 Å². The Labute approximate surface area is 159 Å². The van der Waals surface area contributed by atoms with Crippen LogP contribution in [-0.4, -0.2) is 42.4 Å². The highest BCUT2D eigenvalue weighted by Crippen LogP contribution is 2.19. The lowest BCUT2D eigenvalue weighted by atomic mass is 9.95. The number of nitrogens with one attached hydrogen (secondary N) is 1. The van der Waals surface area contributed by atoms with Gasteiger partial charge in [0.05, 0.1) is 5.92 Å². The maximum Gasteiger partial charge on any atom is 0.309 e. The third-order valence-electron chi connectivity index (χ3n) is 5.03. The van der Waals surface area contributed by atoms with Crippen molar-refractivity contribution in [3.63, 3.8) is 0 Å². The van der Waals surface area contributed by atoms with Gasteiger partial charge in [-0.1, -0.05) is 24.3 Å². The van der Waals surface area contributed by atoms with E-state index in [1.54, 1.807) is 12.1 Å². The zero-order valence-electron chi connectivity index (χ0n) is 15.5. The SMILES string of the molecule is O=C(COC(=O)[C@@H]1CC=CCC1)NCc1ccc(C(=O)N2CCCC2)cc1. The van der Waals surface area contributed by atoms with Crippen LogP contribution >= 0.6 is 0 Å². The van der Waals surface area contributed by atoms with Gasteiger partial charge in [0, 0.05) is 25.2 Å². The van der Waals surface area contributed by atoms with Crippen molar-refractivity contribution in [3.8, 4) is 0 Å². The fraction of sp³-hybridized carbons (Fsp3) is 0.476. The van der Waals surface area contributed by atoms with Crippen LogP contribution in [0.2, 0.25) is 0 Å². The number of allylic oxidation sites excluding steroid dienone is 2. The standard InChI is InChI=1S/C21H26N2O4/c24-19(15-27-21(26)18-6-2-1-3-7-18)22-14-16-8-10-17(11-9-16)20(25)23-12-4-5-13-23/h1-2,8-11,18H,3-7,12-15H2,(H,22,24)/t18-/m1/s1. The van der Waals surface area contributed by atoms with E-state index in [4.69, 9.17) is 4.74 Å². The summed E-state index contributed by atoms with van der Waals surface area (Å²) in [5.74, 6) is -0.706. The maximum atomic E-state index is 12.3. The Morgan fingerprint density at radius 2 is 1.81 bits per heavy atom. The molecule has 1 aromatic carbocycles. The average molecular weight is 370 g/mol. The molecule has 0 bridgehead atoms. The van der Waals surface area contributed by atoms with Crippen molar-refractivity contribution < 1.29 is 19.1 Å². The van der Waals surface area contributed by atoms with Crippen LogP contribution in [0, 0.1) is 5.92 Å². The van der Waals surface area contributed by atoms with Crippen molar-refractivity contribution in [1.29, 1.82) is 0 Å². The monoisotopic (exact) mass is 370 g/mol. The summed E-state index contributed by atoms with van der Waals surface area (Å²) in [6.07, 6.45) is 8.51. The first-order valence-corrected chi connectivity index (χ1v) is 9.60. The molecule has 1 saturated heterocycles. The van der Waals surface area contributed by atoms with Gasteiger partial charge in [0.25, 0.3) is 11.8 Å². The number of amides is 2. The summed E-state index contributed by atoms with van der Waals surface area (Å²) in [6, 6.07) is 7.26. The van der Waals surface area contributed by atoms with Crippen LogP contribution in [0.1, 0.15) is 48.0 Å². The Morgan fingerprint density at radius 3 is 2.48 bits per heavy atom. The Bertz CT molecular complexity index is 705. The molecule has 1 fully saturated rings. The van der Waals surface area contributed by atoms with Crippen LogP contribution in [-0.2, 0) is 20.9 Å². The van der Waals surface area contributed by atoms with Crippen LogP contribution in [0.3, 0.4) is 0 Å². The van der Waals surface area contributed by atoms with Gasteiger partial charge in [-0.15, -0.1) is 0 Å². The molecule has 0 radical (unpaired) electrons. The number of nitrogens with zero attached hydrogens (tertiary/aromatic N) is 1. The fourth-order valence-electron chi connectivity index (χ4n) is 3.38. The van der Waals surface area contributed by atoms with Crippen LogP contribution in [0.15, 0.2) is 36.4 Å². The summed E-state index contributed by atoms with van der Waals surface area (Å²) in [4.78, 5) is 38.0. The molecule has 0 aromatic heterocycles. The predicted molar refractivity (Wildman–Crippen MR) is 101 cm³/mol. The molecule has 1 aromatic rings. The third-order valence-corrected chi connectivity index (χ3v) is 5.03. The molecule has 1 N–H and O–H groups in total. The minimum Gasteiger partial charge on any atom is -0.455 e. The van der Waals surface area contributed by atoms with Gasteiger partial charge < -0.3 is 15.0 Å². The van der Waals surface area contributed by atoms with Gasteiger partial charge >= 0.3 is 5.97 Å². The number of esters is 1. The number of benzene rings is 1. The van der Waals surface area contributed by atoms with E-state index >= 15 is 0 Å². The van der Waals surface area contributed by atoms with Crippen LogP contribution in [0.25, 0.3) is 0 Å². The lowest BCUT2D eigenvalue weighted by Gasteiger charge is -2.16. The summed E-state index contributed by atoms with van der Waals surface area (Å²) in [6.45, 7) is 1.73. The first-order valence-electron chi connectivity index (χ1n) is 9.60. The van der Waals surface area contributed by atoms with Gasteiger partial charge in [-0.25, -0.2) is 0 Å². The van der Waals surface area contributed by atoms with Gasteiger partial charge in [-0.05, 0) is 49.8 Å². The predicted octanol–water partition coefficient (Wildman–Crippen LogP) is 2.44. The maximum absolute atomic E-state index is 12.3. The van der Waals surface area contributed by atoms with Gasteiger partial charge in [0.2, 0.25) is 0 Å². The number of carbonyl (C=O) groups excluding carboxylic acids is 3. The Kier molecular flexibility index (Phi) is 6.63. The van der Waals surface area contributed by atoms with Crippen molar-refractivity contribution in [1.82, 2.24) is 10.2 Å². The summed E-state index contributed by atoms with van der Waals surface area (Å²) >= 11 is 0. The highest BCUT2D eigenvalue weighted by molar-refractivity contribution is 5.94. The van der Waals surface area contributed by atoms with Crippen molar-refractivity contribution in [2.24, 2.45) is 5.92 Å². The smallest absolute Gasteiger partial charge is 0.309 e. The number of hydrogen-bond acceptors (Lipinski definition) is 4. The minimum absolute atomic E-state index is 0.0626. The van der Waals surface area contributed by atoms with Crippen LogP contribution in [0.4, 0.5) is 0 Å². The molecular formula is C21H26N2O4. The van der Waals surface area contributed by atoms with Crippen molar-refractivity contribution >= 4 is 17.8 Å². The molecule has 2 amide bonds. The Morgan fingerprint density at radius 1 is 1.07 bits per heavy atom. The zero-order valence-corrected chi connectivity index (χ0v) is 15.5. The van der Waals surface area contributed by atoms with Crippen molar-refractivity contribution in [2.45, 2.75) is 38.6 Å². The Hall–Kier alpha value is -2.63. The molecule has 1 aliphatic heterocycles. The quantitative estimate of drug-likeness (QED) is 0.616. The lowest BCUT2D eigenvalue weighted by Crippen LogP contribution is -2.30. The first kappa shape index (κ1) is 19.1. The molecule has 6 nitrogen and oxygen atoms in total. The normalized spacial score (nSPS) is 19.0. The molecule has 0 saturated carbocycles. The molecule has 144 valence electrons. The summed E-state index contributed by atoms with van der Waals surface area (Å²) in [5, 5.41) is 2.74. The molecule has 1 heterocycles. The minimum atomic E-state index is -0.327. The number of carbonyl (C=O) groups is 3. The summed E-state index contributed by atoms with van der Waals surface area (Å²) in [7, 11) is 0. The third kappa shape index (κ3) is 5.42. The van der Waals surface area contributed by atoms with Crippen LogP contribution < -0.4 is 5.32 Å². The number of likely N-dealkylation sites (tertiary alicyclic amines) is 1. The number of ether oxygens (including phenoxy) is 1. The van der Waals surface area contributed by atoms with Gasteiger partial charge in [0.15, 0.2) is 6.61 Å². The van der Waals surface area contributed by atoms with Crippen LogP contribution in [0.5, 0.6) is 0 Å². The van der Waals surface area contributed by atoms with Crippen molar-refractivity contribution in [3.05, 3.63) is 47.5 Å². The van der Waals surface area contributed by atoms with E-state index in [1.807, 2.05) is 23.1 Å². The second kappa shape index (κ2) is 9.35. The topological polar surface area (TPSA) is 75.7 Å².